The number of aliphatic hydroxyl groups is 3. The summed E-state index contributed by atoms with van der Waals surface area (Å²) in [6.07, 6.45) is 14.1. The van der Waals surface area contributed by atoms with E-state index in [0.717, 1.165) is 85.2 Å². The lowest BCUT2D eigenvalue weighted by Crippen LogP contribution is -2.46. The van der Waals surface area contributed by atoms with Gasteiger partial charge in [0.1, 0.15) is 41.0 Å². The number of aryl methyl sites for hydroxylation is 1. The summed E-state index contributed by atoms with van der Waals surface area (Å²) in [6.45, 7) is 5.92. The van der Waals surface area contributed by atoms with E-state index < -0.39 is 35.6 Å². The number of anilines is 1. The third-order valence-electron chi connectivity index (χ3n) is 15.5. The average molecular weight is 899 g/mol. The molecule has 66 heavy (non-hydrogen) atoms. The van der Waals surface area contributed by atoms with Crippen LogP contribution in [0, 0.1) is 58.7 Å². The highest BCUT2D eigenvalue weighted by Crippen LogP contribution is 2.54. The molecule has 2 saturated carbocycles. The maximum absolute atomic E-state index is 14.9. The van der Waals surface area contributed by atoms with E-state index in [2.05, 4.69) is 36.7 Å². The first-order valence-electron chi connectivity index (χ1n) is 24.7. The molecule has 0 spiro atoms. The number of ketones is 2. The van der Waals surface area contributed by atoms with E-state index in [0.29, 0.717) is 50.1 Å². The Labute approximate surface area is 392 Å². The van der Waals surface area contributed by atoms with Crippen LogP contribution in [0.25, 0.3) is 0 Å². The highest BCUT2D eigenvalue weighted by Gasteiger charge is 2.54. The molecule has 2 fully saturated rings. The van der Waals surface area contributed by atoms with E-state index in [1.165, 1.54) is 7.11 Å². The molecule has 10 nitrogen and oxygen atoms in total. The van der Waals surface area contributed by atoms with Crippen LogP contribution < -0.4 is 10.5 Å². The fourth-order valence-corrected chi connectivity index (χ4v) is 11.8. The Bertz CT molecular complexity index is 2260. The summed E-state index contributed by atoms with van der Waals surface area (Å²) in [6, 6.07) is 17.5. The molecule has 0 bridgehead atoms. The van der Waals surface area contributed by atoms with E-state index in [4.69, 9.17) is 15.5 Å². The number of aromatic nitrogens is 1. The van der Waals surface area contributed by atoms with Crippen LogP contribution in [0.3, 0.4) is 0 Å². The molecule has 352 valence electrons. The largest absolute Gasteiger partial charge is 0.504 e. The van der Waals surface area contributed by atoms with Gasteiger partial charge in [-0.1, -0.05) is 74.8 Å². The summed E-state index contributed by atoms with van der Waals surface area (Å²) < 4.78 is 5.51. The van der Waals surface area contributed by atoms with Gasteiger partial charge in [-0.2, -0.15) is 0 Å². The molecule has 3 aliphatic carbocycles. The molecule has 0 amide bonds. The van der Waals surface area contributed by atoms with Crippen molar-refractivity contribution in [1.82, 2.24) is 4.98 Å². The second kappa shape index (κ2) is 22.2. The Hall–Kier alpha value is -4.95. The minimum absolute atomic E-state index is 0.00551. The van der Waals surface area contributed by atoms with Crippen molar-refractivity contribution in [2.24, 2.45) is 45.9 Å². The number of aromatic hydroxyl groups is 1. The Morgan fingerprint density at radius 3 is 2.42 bits per heavy atom. The number of carbonyl (C=O) groups excluding carboxylic acids is 2. The first kappa shape index (κ1) is 49.0. The van der Waals surface area contributed by atoms with Crippen molar-refractivity contribution < 1.29 is 34.8 Å². The summed E-state index contributed by atoms with van der Waals surface area (Å²) >= 11 is 0. The number of aliphatic hydroxyl groups excluding tert-OH is 3. The van der Waals surface area contributed by atoms with Gasteiger partial charge in [0.15, 0.2) is 17.2 Å². The molecular formula is C56H72N3O7+. The number of nitrogens with two attached hydrogens (primary N) is 1. The number of nitrogens with zero attached hydrogens (tertiary/aromatic N) is 2. The maximum atomic E-state index is 14.9. The van der Waals surface area contributed by atoms with Gasteiger partial charge < -0.3 is 30.9 Å². The molecule has 7 rings (SSSR count). The zero-order valence-corrected chi connectivity index (χ0v) is 39.5. The van der Waals surface area contributed by atoms with Crippen molar-refractivity contribution >= 4 is 23.6 Å². The SMILES string of the molecule is CCC[C@@H]([C@H]1C[C@@H](Cc2ccnc(N)c2)C[C@@H]2C#C[C@H](c3ccccc3)c3cc(O)c(OC)cc3CCC(=O)CC(=O)[C@H]2C1)[C@H](O)C1(C2=C[C+]([C@H](C)CC[C@H](O)[C@H](C)O)C=N2)CCCCC1. The van der Waals surface area contributed by atoms with Gasteiger partial charge in [0.2, 0.25) is 0 Å². The third-order valence-corrected chi connectivity index (χ3v) is 15.5. The van der Waals surface area contributed by atoms with Gasteiger partial charge in [-0.25, -0.2) is 4.98 Å². The fraction of sp³-hybridized carbons (Fsp3) is 0.554. The molecule has 10 heteroatoms. The van der Waals surface area contributed by atoms with Crippen LogP contribution in [0.2, 0.25) is 0 Å². The van der Waals surface area contributed by atoms with Crippen molar-refractivity contribution in [3.05, 3.63) is 101 Å². The van der Waals surface area contributed by atoms with Crippen LogP contribution in [0.5, 0.6) is 11.5 Å². The van der Waals surface area contributed by atoms with Gasteiger partial charge in [-0.3, -0.25) is 9.59 Å². The van der Waals surface area contributed by atoms with Crippen LogP contribution in [-0.2, 0) is 22.4 Å². The molecule has 3 aromatic rings. The number of aliphatic imine (C=N–C) groups is 1. The second-order valence-electron chi connectivity index (χ2n) is 20.1. The summed E-state index contributed by atoms with van der Waals surface area (Å²) in [7, 11) is 1.51. The number of hydrogen-bond acceptors (Lipinski definition) is 10. The molecule has 10 atom stereocenters. The smallest absolute Gasteiger partial charge is 0.183 e. The van der Waals surface area contributed by atoms with Gasteiger partial charge in [0.05, 0.1) is 37.8 Å². The molecule has 6 N–H and O–H groups in total. The van der Waals surface area contributed by atoms with Crippen LogP contribution >= 0.6 is 0 Å². The number of nitrogen functional groups attached to an aromatic ring is 1. The zero-order valence-electron chi connectivity index (χ0n) is 39.5. The number of ether oxygens (including phenoxy) is 1. The highest BCUT2D eigenvalue weighted by atomic mass is 16.5. The number of benzene rings is 2. The Morgan fingerprint density at radius 1 is 0.939 bits per heavy atom. The first-order valence-corrected chi connectivity index (χ1v) is 24.7. The van der Waals surface area contributed by atoms with Gasteiger partial charge in [0, 0.05) is 30.4 Å². The molecule has 1 aromatic heterocycles. The number of phenols is 1. The Kier molecular flexibility index (Phi) is 16.5. The van der Waals surface area contributed by atoms with Crippen LogP contribution in [-0.4, -0.2) is 68.6 Å². The molecule has 2 aromatic carbocycles. The van der Waals surface area contributed by atoms with Crippen LogP contribution in [0.1, 0.15) is 139 Å². The predicted octanol–water partition coefficient (Wildman–Crippen LogP) is 9.31. The van der Waals surface area contributed by atoms with Crippen molar-refractivity contribution in [2.45, 2.75) is 148 Å². The van der Waals surface area contributed by atoms with Crippen molar-refractivity contribution in [1.29, 1.82) is 0 Å². The Balaban J connectivity index is 1.30. The monoisotopic (exact) mass is 899 g/mol. The van der Waals surface area contributed by atoms with Crippen molar-refractivity contribution in [3.63, 3.8) is 0 Å². The molecule has 0 radical (unpaired) electrons. The normalized spacial score (nSPS) is 25.6. The van der Waals surface area contributed by atoms with Gasteiger partial charge in [0.25, 0.3) is 0 Å². The molecule has 1 aliphatic heterocycles. The summed E-state index contributed by atoms with van der Waals surface area (Å²) in [5.74, 6) is 7.75. The number of hydrogen-bond donors (Lipinski definition) is 5. The number of Topliss-reactive ketones (excluding diaryl/α,β-unsaturated/α-hetero) is 2. The topological polar surface area (TPSA) is 176 Å². The lowest BCUT2D eigenvalue weighted by Gasteiger charge is -2.43. The van der Waals surface area contributed by atoms with Crippen LogP contribution in [0.15, 0.2) is 77.6 Å². The van der Waals surface area contributed by atoms with Crippen LogP contribution in [0.4, 0.5) is 5.82 Å². The number of carbonyl (C=O) groups is 2. The first-order chi connectivity index (χ1) is 31.8. The summed E-state index contributed by atoms with van der Waals surface area (Å²) in [4.78, 5) is 38.2. The van der Waals surface area contributed by atoms with E-state index >= 15 is 0 Å². The second-order valence-corrected chi connectivity index (χ2v) is 20.1. The van der Waals surface area contributed by atoms with Gasteiger partial charge in [-0.15, -0.1) is 4.99 Å². The molecule has 0 unspecified atom stereocenters. The average Bonchev–Trinajstić information content (AvgIpc) is 3.75. The molecular weight excluding hydrogens is 827 g/mol. The summed E-state index contributed by atoms with van der Waals surface area (Å²) in [5.41, 5.74) is 10.3. The molecule has 2 heterocycles. The van der Waals surface area contributed by atoms with Crippen molar-refractivity contribution in [2.75, 3.05) is 12.8 Å². The number of fused-ring (bicyclic) bond motifs is 2. The maximum Gasteiger partial charge on any atom is 0.183 e. The number of allylic oxidation sites excluding steroid dienone is 1. The number of phenolic OH excluding ortho intramolecular Hbond substituents is 1. The zero-order chi connectivity index (χ0) is 47.0. The predicted molar refractivity (Wildman–Crippen MR) is 260 cm³/mol. The standard InChI is InChI=1S/C56H71N3O7/c1-5-12-46(55(65)56(22-10-7-11-23-56)53-31-43(34-59-53)35(2)15-20-49(62)36(3)60)42-27-38(25-37-21-24-58-54(57)28-37)26-40-17-19-45(39-13-8-6-9-14-39)47-33-51(64)52(66-4)30-41(47)16-18-44(61)32-50(63)48(40)29-42/h6,8-9,13-14,21,24,28,30-31,33-36,38,40,42,45-46,48-49,55,60,62,65H,5,7,10-12,15-16,18,20,22-23,25-27,29,32H2,1-4H3,(H2-,57,58,64)/p+1/t35-,36+,38+,40+,42+,45-,46+,48+,49+,55+/m1/s1. The van der Waals surface area contributed by atoms with E-state index in [9.17, 15) is 30.0 Å². The lowest BCUT2D eigenvalue weighted by atomic mass is 9.61. The lowest BCUT2D eigenvalue weighted by molar-refractivity contribution is -0.130. The molecule has 0 saturated heterocycles. The highest BCUT2D eigenvalue weighted by molar-refractivity contribution is 6.00. The minimum Gasteiger partial charge on any atom is -0.504 e. The fourth-order valence-electron chi connectivity index (χ4n) is 11.8. The van der Waals surface area contributed by atoms with Gasteiger partial charge >= 0.3 is 0 Å². The number of pyridine rings is 1. The minimum atomic E-state index is -0.791. The Morgan fingerprint density at radius 2 is 1.71 bits per heavy atom. The summed E-state index contributed by atoms with van der Waals surface area (Å²) in [5, 5.41) is 44.6. The van der Waals surface area contributed by atoms with E-state index in [1.54, 1.807) is 25.3 Å². The van der Waals surface area contributed by atoms with E-state index in [-0.39, 0.29) is 59.7 Å². The van der Waals surface area contributed by atoms with E-state index in [1.807, 2.05) is 48.7 Å². The number of rotatable bonds is 15. The molecule has 4 aliphatic rings. The quantitative estimate of drug-likeness (QED) is 0.0566. The number of methoxy groups -OCH3 is 1. The third kappa shape index (κ3) is 11.4. The van der Waals surface area contributed by atoms with Gasteiger partial charge in [-0.05, 0) is 142 Å². The van der Waals surface area contributed by atoms with Crippen molar-refractivity contribution in [3.8, 4) is 23.3 Å².